The Hall–Kier alpha value is -2.29. The van der Waals surface area contributed by atoms with Gasteiger partial charge in [-0.25, -0.2) is 0 Å². The van der Waals surface area contributed by atoms with Gasteiger partial charge in [0.25, 0.3) is 0 Å². The molecular weight excluding hydrogens is 284 g/mol. The van der Waals surface area contributed by atoms with Crippen molar-refractivity contribution in [2.75, 3.05) is 10.2 Å². The highest BCUT2D eigenvalue weighted by Gasteiger charge is 2.33. The number of anilines is 2. The van der Waals surface area contributed by atoms with Crippen molar-refractivity contribution < 1.29 is 4.79 Å². The molecule has 2 aromatic carbocycles. The molecule has 1 N–H and O–H groups in total. The number of nitrogens with one attached hydrogen (secondary N) is 1. The van der Waals surface area contributed by atoms with Crippen LogP contribution in [-0.4, -0.2) is 11.9 Å². The molecule has 3 rings (SSSR count). The van der Waals surface area contributed by atoms with Crippen molar-refractivity contribution in [2.24, 2.45) is 5.92 Å². The SMILES string of the molecule is CC1CC(N(C(=O)C(C)C)c2ccccc2)c2ccccc2N1. The molecule has 1 amide bonds. The van der Waals surface area contributed by atoms with Crippen molar-refractivity contribution in [3.8, 4) is 0 Å². The predicted molar refractivity (Wildman–Crippen MR) is 95.7 cm³/mol. The van der Waals surface area contributed by atoms with E-state index in [0.717, 1.165) is 17.8 Å². The Morgan fingerprint density at radius 1 is 1.09 bits per heavy atom. The van der Waals surface area contributed by atoms with E-state index in [2.05, 4.69) is 24.4 Å². The summed E-state index contributed by atoms with van der Waals surface area (Å²) in [6.07, 6.45) is 0.907. The van der Waals surface area contributed by atoms with Gasteiger partial charge >= 0.3 is 0 Å². The van der Waals surface area contributed by atoms with E-state index in [1.54, 1.807) is 0 Å². The molecule has 3 nitrogen and oxygen atoms in total. The Morgan fingerprint density at radius 3 is 2.43 bits per heavy atom. The quantitative estimate of drug-likeness (QED) is 0.897. The summed E-state index contributed by atoms with van der Waals surface area (Å²) in [5, 5.41) is 3.53. The topological polar surface area (TPSA) is 32.3 Å². The van der Waals surface area contributed by atoms with Gasteiger partial charge in [-0.3, -0.25) is 4.79 Å². The van der Waals surface area contributed by atoms with Gasteiger partial charge in [-0.1, -0.05) is 50.2 Å². The van der Waals surface area contributed by atoms with Crippen LogP contribution in [0.25, 0.3) is 0 Å². The third-order valence-electron chi connectivity index (χ3n) is 4.38. The lowest BCUT2D eigenvalue weighted by Gasteiger charge is -2.39. The minimum Gasteiger partial charge on any atom is -0.382 e. The van der Waals surface area contributed by atoms with Crippen molar-refractivity contribution in [2.45, 2.75) is 39.3 Å². The zero-order valence-electron chi connectivity index (χ0n) is 14.0. The van der Waals surface area contributed by atoms with Crippen molar-refractivity contribution in [3.63, 3.8) is 0 Å². The summed E-state index contributed by atoms with van der Waals surface area (Å²) in [5.74, 6) is 0.137. The molecule has 3 heteroatoms. The first-order chi connectivity index (χ1) is 11.1. The highest BCUT2D eigenvalue weighted by atomic mass is 16.2. The number of hydrogen-bond acceptors (Lipinski definition) is 2. The lowest BCUT2D eigenvalue weighted by molar-refractivity contribution is -0.122. The molecule has 0 aliphatic carbocycles. The van der Waals surface area contributed by atoms with Gasteiger partial charge in [0.05, 0.1) is 6.04 Å². The molecule has 2 atom stereocenters. The first-order valence-corrected chi connectivity index (χ1v) is 8.31. The Labute approximate surface area is 138 Å². The third-order valence-corrected chi connectivity index (χ3v) is 4.38. The van der Waals surface area contributed by atoms with Crippen molar-refractivity contribution in [3.05, 3.63) is 60.2 Å². The average molecular weight is 308 g/mol. The average Bonchev–Trinajstić information content (AvgIpc) is 2.55. The number of fused-ring (bicyclic) bond motifs is 1. The molecule has 1 aliphatic heterocycles. The Bertz CT molecular complexity index is 681. The number of benzene rings is 2. The van der Waals surface area contributed by atoms with E-state index in [4.69, 9.17) is 0 Å². The van der Waals surface area contributed by atoms with Gasteiger partial charge in [0.15, 0.2) is 0 Å². The van der Waals surface area contributed by atoms with Crippen LogP contribution in [0.2, 0.25) is 0 Å². The summed E-state index contributed by atoms with van der Waals surface area (Å²) in [5.41, 5.74) is 3.30. The fraction of sp³-hybridized carbons (Fsp3) is 0.350. The van der Waals surface area contributed by atoms with Crippen LogP contribution in [0.5, 0.6) is 0 Å². The normalized spacial score (nSPS) is 19.8. The molecule has 0 saturated carbocycles. The van der Waals surface area contributed by atoms with E-state index >= 15 is 0 Å². The van der Waals surface area contributed by atoms with Crippen molar-refractivity contribution in [1.82, 2.24) is 0 Å². The first-order valence-electron chi connectivity index (χ1n) is 8.31. The van der Waals surface area contributed by atoms with Gasteiger partial charge in [0.1, 0.15) is 0 Å². The molecule has 23 heavy (non-hydrogen) atoms. The standard InChI is InChI=1S/C20H24N2O/c1-14(2)20(23)22(16-9-5-4-6-10-16)19-13-15(3)21-18-12-8-7-11-17(18)19/h4-12,14-15,19,21H,13H2,1-3H3. The highest BCUT2D eigenvalue weighted by Crippen LogP contribution is 2.39. The number of amides is 1. The minimum atomic E-state index is -0.0347. The van der Waals surface area contributed by atoms with Crippen LogP contribution in [0, 0.1) is 5.92 Å². The molecule has 120 valence electrons. The van der Waals surface area contributed by atoms with Gasteiger partial charge in [0.2, 0.25) is 5.91 Å². The van der Waals surface area contributed by atoms with E-state index in [1.807, 2.05) is 61.2 Å². The van der Waals surface area contributed by atoms with E-state index in [9.17, 15) is 4.79 Å². The maximum atomic E-state index is 13.0. The largest absolute Gasteiger partial charge is 0.382 e. The second-order valence-electron chi connectivity index (χ2n) is 6.58. The lowest BCUT2D eigenvalue weighted by atomic mass is 9.91. The molecule has 1 heterocycles. The summed E-state index contributed by atoms with van der Waals surface area (Å²) >= 11 is 0. The predicted octanol–water partition coefficient (Wildman–Crippen LogP) is 4.62. The van der Waals surface area contributed by atoms with Crippen LogP contribution in [0.1, 0.15) is 38.8 Å². The smallest absolute Gasteiger partial charge is 0.230 e. The van der Waals surface area contributed by atoms with Crippen molar-refractivity contribution >= 4 is 17.3 Å². The van der Waals surface area contributed by atoms with E-state index in [1.165, 1.54) is 5.56 Å². The fourth-order valence-corrected chi connectivity index (χ4v) is 3.28. The van der Waals surface area contributed by atoms with Crippen LogP contribution in [0.3, 0.4) is 0 Å². The summed E-state index contributed by atoms with van der Waals surface area (Å²) < 4.78 is 0. The number of rotatable bonds is 3. The molecule has 0 bridgehead atoms. The highest BCUT2D eigenvalue weighted by molar-refractivity contribution is 5.95. The van der Waals surface area contributed by atoms with E-state index < -0.39 is 0 Å². The molecule has 1 aliphatic rings. The zero-order valence-corrected chi connectivity index (χ0v) is 14.0. The van der Waals surface area contributed by atoms with Gasteiger partial charge in [-0.2, -0.15) is 0 Å². The van der Waals surface area contributed by atoms with Crippen LogP contribution < -0.4 is 10.2 Å². The van der Waals surface area contributed by atoms with Crippen molar-refractivity contribution in [1.29, 1.82) is 0 Å². The van der Waals surface area contributed by atoms with Gasteiger partial charge in [0, 0.05) is 23.3 Å². The Morgan fingerprint density at radius 2 is 1.74 bits per heavy atom. The number of para-hydroxylation sites is 2. The minimum absolute atomic E-state index is 0.0347. The summed E-state index contributed by atoms with van der Waals surface area (Å²) in [6, 6.07) is 18.7. The van der Waals surface area contributed by atoms with Gasteiger partial charge in [-0.05, 0) is 37.1 Å². The summed E-state index contributed by atoms with van der Waals surface area (Å²) in [4.78, 5) is 15.0. The van der Waals surface area contributed by atoms with E-state index in [0.29, 0.717) is 6.04 Å². The summed E-state index contributed by atoms with van der Waals surface area (Å²) in [6.45, 7) is 6.11. The number of carbonyl (C=O) groups excluding carboxylic acids is 1. The molecule has 0 aromatic heterocycles. The fourth-order valence-electron chi connectivity index (χ4n) is 3.28. The molecule has 0 fully saturated rings. The number of nitrogens with zero attached hydrogens (tertiary/aromatic N) is 1. The summed E-state index contributed by atoms with van der Waals surface area (Å²) in [7, 11) is 0. The number of hydrogen-bond donors (Lipinski definition) is 1. The molecule has 2 unspecified atom stereocenters. The second kappa shape index (κ2) is 6.45. The van der Waals surface area contributed by atoms with Crippen LogP contribution in [0.4, 0.5) is 11.4 Å². The molecule has 0 radical (unpaired) electrons. The van der Waals surface area contributed by atoms with Crippen LogP contribution in [-0.2, 0) is 4.79 Å². The monoisotopic (exact) mass is 308 g/mol. The Kier molecular flexibility index (Phi) is 4.37. The van der Waals surface area contributed by atoms with Gasteiger partial charge in [-0.15, -0.1) is 0 Å². The molecule has 2 aromatic rings. The molecular formula is C20H24N2O. The molecule has 0 saturated heterocycles. The van der Waals surface area contributed by atoms with Crippen LogP contribution in [0.15, 0.2) is 54.6 Å². The molecule has 0 spiro atoms. The van der Waals surface area contributed by atoms with Gasteiger partial charge < -0.3 is 10.2 Å². The lowest BCUT2D eigenvalue weighted by Crippen LogP contribution is -2.42. The maximum Gasteiger partial charge on any atom is 0.230 e. The number of carbonyl (C=O) groups is 1. The first kappa shape index (κ1) is 15.6. The third kappa shape index (κ3) is 3.09. The Balaban J connectivity index is 2.08. The maximum absolute atomic E-state index is 13.0. The van der Waals surface area contributed by atoms with E-state index in [-0.39, 0.29) is 17.9 Å². The second-order valence-corrected chi connectivity index (χ2v) is 6.58. The van der Waals surface area contributed by atoms with Crippen LogP contribution >= 0.6 is 0 Å². The zero-order chi connectivity index (χ0) is 16.4.